The number of benzene rings is 1. The van der Waals surface area contributed by atoms with Crippen molar-refractivity contribution in [3.63, 3.8) is 0 Å². The lowest BCUT2D eigenvalue weighted by Gasteiger charge is -2.34. The molecule has 5 nitrogen and oxygen atoms in total. The van der Waals surface area contributed by atoms with Crippen LogP contribution in [0.15, 0.2) is 45.2 Å². The topological polar surface area (TPSA) is 59.8 Å². The van der Waals surface area contributed by atoms with E-state index in [9.17, 15) is 4.79 Å². The van der Waals surface area contributed by atoms with Crippen molar-refractivity contribution in [3.05, 3.63) is 45.6 Å². The van der Waals surface area contributed by atoms with Gasteiger partial charge in [-0.05, 0) is 36.3 Å². The molecular weight excluding hydrogens is 388 g/mol. The van der Waals surface area contributed by atoms with Crippen LogP contribution < -0.4 is 5.32 Å². The minimum atomic E-state index is -0.220. The van der Waals surface area contributed by atoms with E-state index in [0.717, 1.165) is 27.7 Å². The van der Waals surface area contributed by atoms with E-state index in [-0.39, 0.29) is 11.8 Å². The summed E-state index contributed by atoms with van der Waals surface area (Å²) in [5, 5.41) is 8.66. The Kier molecular flexibility index (Phi) is 4.00. The Bertz CT molecular complexity index is 860. The van der Waals surface area contributed by atoms with Crippen LogP contribution >= 0.6 is 27.7 Å². The molecule has 1 aliphatic carbocycles. The summed E-state index contributed by atoms with van der Waals surface area (Å²) >= 11 is 5.04. The molecule has 0 saturated heterocycles. The zero-order chi connectivity index (χ0) is 16.8. The second kappa shape index (κ2) is 6.04. The van der Waals surface area contributed by atoms with E-state index in [1.807, 2.05) is 29.1 Å². The van der Waals surface area contributed by atoms with Gasteiger partial charge >= 0.3 is 0 Å². The molecule has 0 saturated carbocycles. The number of ketones is 1. The van der Waals surface area contributed by atoms with Gasteiger partial charge in [-0.3, -0.25) is 4.79 Å². The van der Waals surface area contributed by atoms with Crippen molar-refractivity contribution >= 4 is 39.4 Å². The highest BCUT2D eigenvalue weighted by atomic mass is 79.9. The SMILES string of the molecule is CSc1nc2n(n1)C(c1cccc(Br)c1)C1=C(CC(C)CC1=O)N2. The molecule has 1 aromatic heterocycles. The molecule has 2 aromatic rings. The molecule has 7 heteroatoms. The molecule has 0 fully saturated rings. The molecule has 2 heterocycles. The van der Waals surface area contributed by atoms with E-state index in [2.05, 4.69) is 44.3 Å². The third-order valence-corrected chi connectivity index (χ3v) is 5.48. The maximum Gasteiger partial charge on any atom is 0.227 e. The molecule has 1 N–H and O–H groups in total. The lowest BCUT2D eigenvalue weighted by molar-refractivity contribution is -0.117. The number of nitrogens with zero attached hydrogens (tertiary/aromatic N) is 3. The van der Waals surface area contributed by atoms with Crippen LogP contribution in [0.5, 0.6) is 0 Å². The number of rotatable bonds is 2. The van der Waals surface area contributed by atoms with E-state index in [0.29, 0.717) is 23.4 Å². The highest BCUT2D eigenvalue weighted by Crippen LogP contribution is 2.42. The molecule has 0 bridgehead atoms. The zero-order valence-corrected chi connectivity index (χ0v) is 15.8. The second-order valence-corrected chi connectivity index (χ2v) is 7.97. The average Bonchev–Trinajstić information content (AvgIpc) is 2.95. The van der Waals surface area contributed by atoms with Gasteiger partial charge in [-0.1, -0.05) is 46.7 Å². The van der Waals surface area contributed by atoms with Gasteiger partial charge in [0, 0.05) is 22.2 Å². The van der Waals surface area contributed by atoms with Crippen LogP contribution in [-0.2, 0) is 4.79 Å². The van der Waals surface area contributed by atoms with Crippen molar-refractivity contribution in [3.8, 4) is 0 Å². The lowest BCUT2D eigenvalue weighted by Crippen LogP contribution is -2.33. The molecular formula is C17H17BrN4OS. The Morgan fingerprint density at radius 3 is 2.96 bits per heavy atom. The van der Waals surface area contributed by atoms with Gasteiger partial charge in [0.1, 0.15) is 6.04 Å². The van der Waals surface area contributed by atoms with Crippen molar-refractivity contribution in [2.75, 3.05) is 11.6 Å². The summed E-state index contributed by atoms with van der Waals surface area (Å²) in [5.41, 5.74) is 2.87. The van der Waals surface area contributed by atoms with Gasteiger partial charge in [0.15, 0.2) is 5.78 Å². The molecule has 1 aromatic carbocycles. The predicted molar refractivity (Wildman–Crippen MR) is 98.1 cm³/mol. The van der Waals surface area contributed by atoms with Crippen LogP contribution in [0.25, 0.3) is 0 Å². The van der Waals surface area contributed by atoms with Crippen LogP contribution in [0, 0.1) is 5.92 Å². The Balaban J connectivity index is 1.92. The average molecular weight is 405 g/mol. The van der Waals surface area contributed by atoms with E-state index in [1.54, 1.807) is 0 Å². The predicted octanol–water partition coefficient (Wildman–Crippen LogP) is 4.03. The molecule has 2 aliphatic rings. The molecule has 0 amide bonds. The molecule has 24 heavy (non-hydrogen) atoms. The first kappa shape index (κ1) is 15.9. The highest BCUT2D eigenvalue weighted by molar-refractivity contribution is 9.10. The summed E-state index contributed by atoms with van der Waals surface area (Å²) in [4.78, 5) is 17.4. The van der Waals surface area contributed by atoms with Gasteiger partial charge in [0.05, 0.1) is 0 Å². The molecule has 0 spiro atoms. The van der Waals surface area contributed by atoms with E-state index in [4.69, 9.17) is 0 Å². The van der Waals surface area contributed by atoms with Gasteiger partial charge in [-0.2, -0.15) is 4.98 Å². The number of carbonyl (C=O) groups excluding carboxylic acids is 1. The van der Waals surface area contributed by atoms with Crippen molar-refractivity contribution < 1.29 is 4.79 Å². The Morgan fingerprint density at radius 2 is 2.21 bits per heavy atom. The molecule has 2 unspecified atom stereocenters. The standard InChI is InChI=1S/C17H17BrN4OS/c1-9-6-12-14(13(23)7-9)15(10-4-3-5-11(18)8-10)22-16(19-12)20-17(21-22)24-2/h3-5,8-9,15H,6-7H2,1-2H3,(H,19,20,21). The quantitative estimate of drug-likeness (QED) is 0.765. The van der Waals surface area contributed by atoms with Crippen molar-refractivity contribution in [2.24, 2.45) is 5.92 Å². The highest BCUT2D eigenvalue weighted by Gasteiger charge is 2.38. The summed E-state index contributed by atoms with van der Waals surface area (Å²) in [6.07, 6.45) is 3.41. The molecule has 4 rings (SSSR count). The van der Waals surface area contributed by atoms with Crippen LogP contribution in [-0.4, -0.2) is 26.8 Å². The van der Waals surface area contributed by atoms with Crippen LogP contribution in [0.3, 0.4) is 0 Å². The number of halogens is 1. The monoisotopic (exact) mass is 404 g/mol. The van der Waals surface area contributed by atoms with Gasteiger partial charge in [-0.25, -0.2) is 4.68 Å². The smallest absolute Gasteiger partial charge is 0.227 e. The first-order chi connectivity index (χ1) is 11.6. The molecule has 0 radical (unpaired) electrons. The van der Waals surface area contributed by atoms with Gasteiger partial charge in [-0.15, -0.1) is 5.10 Å². The number of Topliss-reactive ketones (excluding diaryl/α,β-unsaturated/α-hetero) is 1. The molecule has 2 atom stereocenters. The first-order valence-corrected chi connectivity index (χ1v) is 9.88. The third-order valence-electron chi connectivity index (χ3n) is 4.45. The van der Waals surface area contributed by atoms with E-state index < -0.39 is 0 Å². The second-order valence-electron chi connectivity index (χ2n) is 6.28. The lowest BCUT2D eigenvalue weighted by atomic mass is 9.81. The van der Waals surface area contributed by atoms with Crippen LogP contribution in [0.4, 0.5) is 5.95 Å². The Morgan fingerprint density at radius 1 is 1.38 bits per heavy atom. The minimum Gasteiger partial charge on any atom is -0.328 e. The number of nitrogens with one attached hydrogen (secondary N) is 1. The summed E-state index contributed by atoms with van der Waals surface area (Å²) in [6, 6.07) is 7.85. The Hall–Kier alpha value is -1.60. The number of thioether (sulfide) groups is 1. The normalized spacial score (nSPS) is 22.9. The van der Waals surface area contributed by atoms with Gasteiger partial charge < -0.3 is 5.32 Å². The number of hydrogen-bond donors (Lipinski definition) is 1. The molecule has 124 valence electrons. The fourth-order valence-electron chi connectivity index (χ4n) is 3.46. The van der Waals surface area contributed by atoms with Crippen molar-refractivity contribution in [1.29, 1.82) is 0 Å². The number of carbonyl (C=O) groups is 1. The minimum absolute atomic E-state index is 0.202. The van der Waals surface area contributed by atoms with Crippen molar-refractivity contribution in [1.82, 2.24) is 14.8 Å². The summed E-state index contributed by atoms with van der Waals surface area (Å²) < 4.78 is 2.84. The van der Waals surface area contributed by atoms with Crippen molar-refractivity contribution in [2.45, 2.75) is 31.0 Å². The first-order valence-electron chi connectivity index (χ1n) is 7.86. The van der Waals surface area contributed by atoms with Gasteiger partial charge in [0.2, 0.25) is 11.1 Å². The maximum absolute atomic E-state index is 12.8. The Labute approximate surface area is 153 Å². The fourth-order valence-corrected chi connectivity index (χ4v) is 4.22. The number of aromatic nitrogens is 3. The molecule has 1 aliphatic heterocycles. The third kappa shape index (κ3) is 2.59. The summed E-state index contributed by atoms with van der Waals surface area (Å²) in [5.74, 6) is 1.26. The number of anilines is 1. The van der Waals surface area contributed by atoms with Crippen LogP contribution in [0.2, 0.25) is 0 Å². The number of hydrogen-bond acceptors (Lipinski definition) is 5. The maximum atomic E-state index is 12.8. The fraction of sp³-hybridized carbons (Fsp3) is 0.353. The van der Waals surface area contributed by atoms with E-state index in [1.165, 1.54) is 11.8 Å². The zero-order valence-electron chi connectivity index (χ0n) is 13.4. The van der Waals surface area contributed by atoms with E-state index >= 15 is 0 Å². The largest absolute Gasteiger partial charge is 0.328 e. The van der Waals surface area contributed by atoms with Gasteiger partial charge in [0.25, 0.3) is 0 Å². The number of fused-ring (bicyclic) bond motifs is 1. The number of allylic oxidation sites excluding steroid dienone is 2. The summed E-state index contributed by atoms with van der Waals surface area (Å²) in [7, 11) is 0. The summed E-state index contributed by atoms with van der Waals surface area (Å²) in [6.45, 7) is 2.12. The van der Waals surface area contributed by atoms with Crippen LogP contribution in [0.1, 0.15) is 31.4 Å².